The van der Waals surface area contributed by atoms with Crippen LogP contribution in [0.1, 0.15) is 11.1 Å². The molecule has 92 valence electrons. The monoisotopic (exact) mass is 268 g/mol. The molecule has 0 spiro atoms. The molecular weight excluding hydrogens is 260 g/mol. The van der Waals surface area contributed by atoms with Gasteiger partial charge >= 0.3 is 0 Å². The van der Waals surface area contributed by atoms with E-state index in [4.69, 9.17) is 27.9 Å². The number of halogens is 1. The maximum Gasteiger partial charge on any atom is 0.0992 e. The first kappa shape index (κ1) is 12.8. The summed E-state index contributed by atoms with van der Waals surface area (Å²) in [5, 5.41) is 21.2. The van der Waals surface area contributed by atoms with Gasteiger partial charge in [-0.25, -0.2) is 0 Å². The van der Waals surface area contributed by atoms with Gasteiger partial charge in [-0.15, -0.1) is 0 Å². The van der Waals surface area contributed by atoms with Gasteiger partial charge in [-0.3, -0.25) is 0 Å². The Hall–Kier alpha value is -2.69. The van der Waals surface area contributed by atoms with Gasteiger partial charge in [0.2, 0.25) is 0 Å². The Morgan fingerprint density at radius 1 is 0.947 bits per heavy atom. The highest BCUT2D eigenvalue weighted by atomic mass is 35.5. The summed E-state index contributed by atoms with van der Waals surface area (Å²) < 4.78 is 0. The predicted molar refractivity (Wildman–Crippen MR) is 75.0 cm³/mol. The number of nitrogens with zero attached hydrogens (tertiary/aromatic N) is 2. The normalized spacial score (nSPS) is 9.42. The summed E-state index contributed by atoms with van der Waals surface area (Å²) in [4.78, 5) is 0. The van der Waals surface area contributed by atoms with Crippen LogP contribution in [0.2, 0.25) is 5.02 Å². The van der Waals surface area contributed by atoms with Crippen LogP contribution >= 0.6 is 11.6 Å². The highest BCUT2D eigenvalue weighted by Gasteiger charge is 2.06. The van der Waals surface area contributed by atoms with Crippen molar-refractivity contribution in [1.82, 2.24) is 0 Å². The Balaban J connectivity index is 2.42. The van der Waals surface area contributed by atoms with E-state index in [-0.39, 0.29) is 0 Å². The highest BCUT2D eigenvalue weighted by Crippen LogP contribution is 2.29. The van der Waals surface area contributed by atoms with Crippen molar-refractivity contribution in [3.8, 4) is 12.1 Å². The SMILES string of the molecule is N#Cc1ccc(N)c(Nc2cc(C#N)ccc2Cl)c1. The molecule has 0 aliphatic heterocycles. The molecule has 0 fully saturated rings. The molecule has 0 heterocycles. The van der Waals surface area contributed by atoms with Crippen molar-refractivity contribution in [2.75, 3.05) is 11.1 Å². The molecule has 0 aliphatic carbocycles. The minimum absolute atomic E-state index is 0.473. The molecular formula is C14H9ClN4. The van der Waals surface area contributed by atoms with E-state index in [1.807, 2.05) is 12.1 Å². The van der Waals surface area contributed by atoms with E-state index in [2.05, 4.69) is 5.32 Å². The van der Waals surface area contributed by atoms with E-state index in [1.54, 1.807) is 36.4 Å². The Morgan fingerprint density at radius 3 is 2.16 bits per heavy atom. The lowest BCUT2D eigenvalue weighted by molar-refractivity contribution is 1.46. The molecule has 0 radical (unpaired) electrons. The van der Waals surface area contributed by atoms with E-state index in [1.165, 1.54) is 0 Å². The van der Waals surface area contributed by atoms with E-state index in [0.717, 1.165) is 0 Å². The predicted octanol–water partition coefficient (Wildman–Crippen LogP) is 3.41. The summed E-state index contributed by atoms with van der Waals surface area (Å²) in [6.07, 6.45) is 0. The van der Waals surface area contributed by atoms with Crippen LogP contribution in [0.25, 0.3) is 0 Å². The highest BCUT2D eigenvalue weighted by molar-refractivity contribution is 6.33. The summed E-state index contributed by atoms with van der Waals surface area (Å²) in [5.74, 6) is 0. The summed E-state index contributed by atoms with van der Waals surface area (Å²) in [7, 11) is 0. The maximum absolute atomic E-state index is 8.87. The summed E-state index contributed by atoms with van der Waals surface area (Å²) in [6.45, 7) is 0. The molecule has 19 heavy (non-hydrogen) atoms. The zero-order valence-corrected chi connectivity index (χ0v) is 10.6. The van der Waals surface area contributed by atoms with Gasteiger partial charge in [-0.1, -0.05) is 11.6 Å². The molecule has 4 nitrogen and oxygen atoms in total. The smallest absolute Gasteiger partial charge is 0.0992 e. The van der Waals surface area contributed by atoms with Crippen LogP contribution in [0.4, 0.5) is 17.1 Å². The van der Waals surface area contributed by atoms with Crippen LogP contribution in [0.3, 0.4) is 0 Å². The number of hydrogen-bond acceptors (Lipinski definition) is 4. The molecule has 0 saturated carbocycles. The van der Waals surface area contributed by atoms with Gasteiger partial charge in [0.15, 0.2) is 0 Å². The van der Waals surface area contributed by atoms with Gasteiger partial charge in [0.1, 0.15) is 0 Å². The molecule has 0 bridgehead atoms. The first-order valence-corrected chi connectivity index (χ1v) is 5.78. The number of nitrogen functional groups attached to an aromatic ring is 1. The summed E-state index contributed by atoms with van der Waals surface area (Å²) in [5.41, 5.74) is 8.46. The third kappa shape index (κ3) is 2.77. The standard InChI is InChI=1S/C14H9ClN4/c15-11-3-1-9(7-16)5-13(11)19-14-6-10(8-17)2-4-12(14)18/h1-6,19H,18H2. The van der Waals surface area contributed by atoms with Gasteiger partial charge in [-0.2, -0.15) is 10.5 Å². The fourth-order valence-corrected chi connectivity index (χ4v) is 1.73. The van der Waals surface area contributed by atoms with E-state index in [0.29, 0.717) is 33.2 Å². The van der Waals surface area contributed by atoms with Crippen molar-refractivity contribution in [3.63, 3.8) is 0 Å². The number of benzene rings is 2. The second-order valence-electron chi connectivity index (χ2n) is 3.85. The van der Waals surface area contributed by atoms with Gasteiger partial charge < -0.3 is 11.1 Å². The van der Waals surface area contributed by atoms with Crippen LogP contribution in [0.15, 0.2) is 36.4 Å². The molecule has 3 N–H and O–H groups in total. The minimum atomic E-state index is 0.473. The summed E-state index contributed by atoms with van der Waals surface area (Å²) >= 11 is 6.05. The van der Waals surface area contributed by atoms with Crippen molar-refractivity contribution < 1.29 is 0 Å². The third-order valence-electron chi connectivity index (χ3n) is 2.55. The first-order chi connectivity index (χ1) is 9.13. The average Bonchev–Trinajstić information content (AvgIpc) is 2.43. The van der Waals surface area contributed by atoms with Gasteiger partial charge in [-0.05, 0) is 36.4 Å². The Morgan fingerprint density at radius 2 is 1.53 bits per heavy atom. The van der Waals surface area contributed by atoms with E-state index >= 15 is 0 Å². The van der Waals surface area contributed by atoms with Gasteiger partial charge in [0, 0.05) is 0 Å². The molecule has 0 atom stereocenters. The molecule has 2 aromatic carbocycles. The lowest BCUT2D eigenvalue weighted by atomic mass is 10.1. The topological polar surface area (TPSA) is 85.6 Å². The molecule has 0 unspecified atom stereocenters. The minimum Gasteiger partial charge on any atom is -0.397 e. The number of nitriles is 2. The van der Waals surface area contributed by atoms with Gasteiger partial charge in [0.25, 0.3) is 0 Å². The average molecular weight is 269 g/mol. The van der Waals surface area contributed by atoms with E-state index < -0.39 is 0 Å². The molecule has 5 heteroatoms. The van der Waals surface area contributed by atoms with Crippen LogP contribution < -0.4 is 11.1 Å². The number of rotatable bonds is 2. The second-order valence-corrected chi connectivity index (χ2v) is 4.25. The summed E-state index contributed by atoms with van der Waals surface area (Å²) in [6, 6.07) is 13.9. The molecule has 0 aromatic heterocycles. The zero-order chi connectivity index (χ0) is 13.8. The van der Waals surface area contributed by atoms with Crippen LogP contribution in [0, 0.1) is 22.7 Å². The Labute approximate surface area is 115 Å². The number of nitrogens with one attached hydrogen (secondary N) is 1. The lowest BCUT2D eigenvalue weighted by Gasteiger charge is -2.11. The molecule has 0 aliphatic rings. The van der Waals surface area contributed by atoms with Gasteiger partial charge in [0.05, 0.1) is 45.4 Å². The van der Waals surface area contributed by atoms with Crippen molar-refractivity contribution >= 4 is 28.7 Å². The largest absolute Gasteiger partial charge is 0.397 e. The fraction of sp³-hybridized carbons (Fsp3) is 0. The van der Waals surface area contributed by atoms with Crippen LogP contribution in [-0.4, -0.2) is 0 Å². The van der Waals surface area contributed by atoms with Crippen LogP contribution in [-0.2, 0) is 0 Å². The molecule has 2 aromatic rings. The zero-order valence-electron chi connectivity index (χ0n) is 9.81. The molecule has 0 saturated heterocycles. The first-order valence-electron chi connectivity index (χ1n) is 5.40. The fourth-order valence-electron chi connectivity index (χ4n) is 1.57. The van der Waals surface area contributed by atoms with Crippen molar-refractivity contribution in [2.45, 2.75) is 0 Å². The molecule has 2 rings (SSSR count). The molecule has 0 amide bonds. The number of anilines is 3. The third-order valence-corrected chi connectivity index (χ3v) is 2.88. The van der Waals surface area contributed by atoms with E-state index in [9.17, 15) is 0 Å². The Kier molecular flexibility index (Phi) is 3.56. The quantitative estimate of drug-likeness (QED) is 0.817. The van der Waals surface area contributed by atoms with Crippen molar-refractivity contribution in [2.24, 2.45) is 0 Å². The van der Waals surface area contributed by atoms with Crippen molar-refractivity contribution in [1.29, 1.82) is 10.5 Å². The maximum atomic E-state index is 8.87. The number of nitrogens with two attached hydrogens (primary N) is 1. The second kappa shape index (κ2) is 5.30. The Bertz CT molecular complexity index is 649. The van der Waals surface area contributed by atoms with Crippen LogP contribution in [0.5, 0.6) is 0 Å². The number of hydrogen-bond donors (Lipinski definition) is 2. The van der Waals surface area contributed by atoms with Crippen molar-refractivity contribution in [3.05, 3.63) is 52.5 Å². The lowest BCUT2D eigenvalue weighted by Crippen LogP contribution is -1.98.